The predicted molar refractivity (Wildman–Crippen MR) is 98.2 cm³/mol. The molecule has 2 aromatic heterocycles. The zero-order chi connectivity index (χ0) is 17.8. The molecule has 1 aliphatic heterocycles. The molecule has 1 saturated heterocycles. The van der Waals surface area contributed by atoms with E-state index in [1.54, 1.807) is 7.11 Å². The predicted octanol–water partition coefficient (Wildman–Crippen LogP) is 2.17. The fraction of sp³-hybridized carbons (Fsp3) is 0.444. The van der Waals surface area contributed by atoms with Gasteiger partial charge in [0.25, 0.3) is 0 Å². The first-order valence-corrected chi connectivity index (χ1v) is 9.01. The van der Waals surface area contributed by atoms with Crippen molar-refractivity contribution in [2.45, 2.75) is 25.3 Å². The molecule has 8 nitrogen and oxygen atoms in total. The van der Waals surface area contributed by atoms with Crippen molar-refractivity contribution in [3.63, 3.8) is 0 Å². The maximum atomic E-state index is 5.30. The van der Waals surface area contributed by atoms with E-state index in [1.165, 1.54) is 29.5 Å². The second kappa shape index (κ2) is 7.65. The van der Waals surface area contributed by atoms with Crippen LogP contribution in [0.3, 0.4) is 0 Å². The van der Waals surface area contributed by atoms with Crippen LogP contribution in [0.1, 0.15) is 30.9 Å². The van der Waals surface area contributed by atoms with E-state index < -0.39 is 0 Å². The second-order valence-electron chi connectivity index (χ2n) is 6.51. The lowest BCUT2D eigenvalue weighted by Crippen LogP contribution is -2.37. The fourth-order valence-corrected chi connectivity index (χ4v) is 3.46. The van der Waals surface area contributed by atoms with Crippen LogP contribution in [-0.4, -0.2) is 56.9 Å². The van der Waals surface area contributed by atoms with Gasteiger partial charge in [0, 0.05) is 6.54 Å². The number of nitrogens with one attached hydrogen (secondary N) is 1. The van der Waals surface area contributed by atoms with Crippen molar-refractivity contribution >= 4 is 11.5 Å². The van der Waals surface area contributed by atoms with Crippen molar-refractivity contribution in [2.24, 2.45) is 0 Å². The minimum absolute atomic E-state index is 0.285. The van der Waals surface area contributed by atoms with Crippen molar-refractivity contribution in [3.05, 3.63) is 42.0 Å². The first-order chi connectivity index (χ1) is 12.8. The lowest BCUT2D eigenvalue weighted by atomic mass is 10.0. The lowest BCUT2D eigenvalue weighted by molar-refractivity contribution is 0.170. The Kier molecular flexibility index (Phi) is 4.92. The van der Waals surface area contributed by atoms with Crippen molar-refractivity contribution in [1.29, 1.82) is 0 Å². The molecule has 1 atom stereocenters. The standard InChI is InChI=1S/C18H23N7O/c1-26-15-7-5-14(6-8-15)16(24-11-3-2-4-12-24)13-19-17-9-10-18-20-22-23-25(18)21-17/h5-10,16H,2-4,11-13H2,1H3,(H,19,21)/t16-/m0/s1. The van der Waals surface area contributed by atoms with Gasteiger partial charge in [-0.3, -0.25) is 4.90 Å². The molecule has 1 fully saturated rings. The van der Waals surface area contributed by atoms with Gasteiger partial charge >= 0.3 is 0 Å². The molecule has 1 aliphatic rings. The van der Waals surface area contributed by atoms with E-state index in [0.717, 1.165) is 31.2 Å². The highest BCUT2D eigenvalue weighted by atomic mass is 16.5. The Morgan fingerprint density at radius 3 is 2.65 bits per heavy atom. The van der Waals surface area contributed by atoms with Gasteiger partial charge in [0.15, 0.2) is 5.65 Å². The third kappa shape index (κ3) is 3.60. The molecule has 0 bridgehead atoms. The molecule has 4 rings (SSSR count). The molecule has 0 saturated carbocycles. The summed E-state index contributed by atoms with van der Waals surface area (Å²) < 4.78 is 6.73. The molecule has 3 aromatic rings. The van der Waals surface area contributed by atoms with Gasteiger partial charge in [-0.2, -0.15) is 0 Å². The average Bonchev–Trinajstić information content (AvgIpc) is 3.17. The summed E-state index contributed by atoms with van der Waals surface area (Å²) in [5.74, 6) is 1.64. The Labute approximate surface area is 152 Å². The molecule has 26 heavy (non-hydrogen) atoms. The minimum atomic E-state index is 0.285. The number of ether oxygens (including phenoxy) is 1. The van der Waals surface area contributed by atoms with E-state index in [1.807, 2.05) is 24.3 Å². The molecule has 0 radical (unpaired) electrons. The molecule has 0 unspecified atom stereocenters. The van der Waals surface area contributed by atoms with E-state index in [4.69, 9.17) is 4.74 Å². The zero-order valence-electron chi connectivity index (χ0n) is 14.9. The SMILES string of the molecule is COc1ccc([C@H](CNc2ccc3nnnn3n2)N2CCCCC2)cc1. The van der Waals surface area contributed by atoms with E-state index in [2.05, 4.69) is 43.0 Å². The van der Waals surface area contributed by atoms with E-state index in [-0.39, 0.29) is 6.04 Å². The van der Waals surface area contributed by atoms with Gasteiger partial charge in [0.1, 0.15) is 11.6 Å². The molecule has 136 valence electrons. The highest BCUT2D eigenvalue weighted by Crippen LogP contribution is 2.26. The quantitative estimate of drug-likeness (QED) is 0.727. The third-order valence-corrected chi connectivity index (χ3v) is 4.88. The van der Waals surface area contributed by atoms with Crippen LogP contribution in [0.2, 0.25) is 0 Å². The van der Waals surface area contributed by atoms with Gasteiger partial charge in [-0.05, 0) is 66.2 Å². The zero-order valence-corrected chi connectivity index (χ0v) is 14.9. The number of anilines is 1. The van der Waals surface area contributed by atoms with Crippen LogP contribution in [0.15, 0.2) is 36.4 Å². The van der Waals surface area contributed by atoms with Crippen LogP contribution in [0, 0.1) is 0 Å². The molecule has 1 aromatic carbocycles. The summed E-state index contributed by atoms with van der Waals surface area (Å²) in [5, 5.41) is 19.2. The van der Waals surface area contributed by atoms with Gasteiger partial charge in [0.05, 0.1) is 13.2 Å². The molecule has 0 amide bonds. The smallest absolute Gasteiger partial charge is 0.200 e. The number of methoxy groups -OCH3 is 1. The maximum Gasteiger partial charge on any atom is 0.200 e. The van der Waals surface area contributed by atoms with Crippen LogP contribution in [0.5, 0.6) is 5.75 Å². The Morgan fingerprint density at radius 2 is 1.88 bits per heavy atom. The Bertz CT molecular complexity index is 842. The lowest BCUT2D eigenvalue weighted by Gasteiger charge is -2.35. The highest BCUT2D eigenvalue weighted by molar-refractivity contribution is 5.42. The van der Waals surface area contributed by atoms with E-state index in [0.29, 0.717) is 5.65 Å². The van der Waals surface area contributed by atoms with Gasteiger partial charge in [-0.25, -0.2) is 0 Å². The number of likely N-dealkylation sites (tertiary alicyclic amines) is 1. The number of hydrogen-bond acceptors (Lipinski definition) is 7. The van der Waals surface area contributed by atoms with Crippen molar-refractivity contribution < 1.29 is 4.74 Å². The summed E-state index contributed by atoms with van der Waals surface area (Å²) in [6, 6.07) is 12.4. The van der Waals surface area contributed by atoms with Gasteiger partial charge in [-0.15, -0.1) is 14.8 Å². The van der Waals surface area contributed by atoms with Crippen LogP contribution < -0.4 is 10.1 Å². The summed E-state index contributed by atoms with van der Waals surface area (Å²) in [6.45, 7) is 3.02. The number of aromatic nitrogens is 5. The number of nitrogens with zero attached hydrogens (tertiary/aromatic N) is 6. The first-order valence-electron chi connectivity index (χ1n) is 9.01. The summed E-state index contributed by atoms with van der Waals surface area (Å²) in [7, 11) is 1.69. The Morgan fingerprint density at radius 1 is 1.08 bits per heavy atom. The molecule has 8 heteroatoms. The molecule has 0 spiro atoms. The number of piperidine rings is 1. The Balaban J connectivity index is 1.53. The number of fused-ring (bicyclic) bond motifs is 1. The van der Waals surface area contributed by atoms with Crippen LogP contribution in [0.4, 0.5) is 5.82 Å². The maximum absolute atomic E-state index is 5.30. The first kappa shape index (κ1) is 16.7. The number of benzene rings is 1. The van der Waals surface area contributed by atoms with Crippen molar-refractivity contribution in [1.82, 2.24) is 30.2 Å². The highest BCUT2D eigenvalue weighted by Gasteiger charge is 2.22. The van der Waals surface area contributed by atoms with E-state index >= 15 is 0 Å². The fourth-order valence-electron chi connectivity index (χ4n) is 3.46. The average molecular weight is 353 g/mol. The topological polar surface area (TPSA) is 80.5 Å². The van der Waals surface area contributed by atoms with Crippen LogP contribution >= 0.6 is 0 Å². The summed E-state index contributed by atoms with van der Waals surface area (Å²) >= 11 is 0. The minimum Gasteiger partial charge on any atom is -0.497 e. The van der Waals surface area contributed by atoms with Gasteiger partial charge in [0.2, 0.25) is 0 Å². The van der Waals surface area contributed by atoms with E-state index in [9.17, 15) is 0 Å². The molecular formula is C18H23N7O. The summed E-state index contributed by atoms with van der Waals surface area (Å²) in [6.07, 6.45) is 3.82. The molecule has 1 N–H and O–H groups in total. The number of rotatable bonds is 6. The normalized spacial score (nSPS) is 16.5. The number of tetrazole rings is 1. The van der Waals surface area contributed by atoms with Crippen LogP contribution in [-0.2, 0) is 0 Å². The molecular weight excluding hydrogens is 330 g/mol. The third-order valence-electron chi connectivity index (χ3n) is 4.88. The van der Waals surface area contributed by atoms with Crippen molar-refractivity contribution in [3.8, 4) is 5.75 Å². The second-order valence-corrected chi connectivity index (χ2v) is 6.51. The van der Waals surface area contributed by atoms with Crippen molar-refractivity contribution in [2.75, 3.05) is 32.1 Å². The molecule has 3 heterocycles. The molecule has 0 aliphatic carbocycles. The van der Waals surface area contributed by atoms with Crippen LogP contribution in [0.25, 0.3) is 5.65 Å². The van der Waals surface area contributed by atoms with Gasteiger partial charge < -0.3 is 10.1 Å². The largest absolute Gasteiger partial charge is 0.497 e. The van der Waals surface area contributed by atoms with Gasteiger partial charge in [-0.1, -0.05) is 18.6 Å². The monoisotopic (exact) mass is 353 g/mol. The summed E-state index contributed by atoms with van der Waals surface area (Å²) in [4.78, 5) is 2.55. The Hall–Kier alpha value is -2.74. The summed E-state index contributed by atoms with van der Waals surface area (Å²) in [5.41, 5.74) is 1.92. The number of hydrogen-bond donors (Lipinski definition) is 1.